The van der Waals surface area contributed by atoms with Crippen LogP contribution in [0.2, 0.25) is 0 Å². The predicted molar refractivity (Wildman–Crippen MR) is 107 cm³/mol. The van der Waals surface area contributed by atoms with Crippen molar-refractivity contribution in [1.82, 2.24) is 0 Å². The molecule has 29 heavy (non-hydrogen) atoms. The van der Waals surface area contributed by atoms with Gasteiger partial charge in [-0.3, -0.25) is 9.59 Å². The fraction of sp³-hybridized carbons (Fsp3) is 0.130. The standard InChI is InChI=1S/C23H18N2O4/c26-20-22(28,16-10-4-6-12-18(16)24-20)23(29-14-15-8-2-1-3-9-15)17-11-5-7-13-19(17)25-21(23)27/h1-13,28H,14H2,(H,24,26)(H,25,27)/t22-,23+/m0/s1. The number of anilines is 2. The van der Waals surface area contributed by atoms with Crippen molar-refractivity contribution in [3.05, 3.63) is 95.6 Å². The molecule has 3 N–H and O–H groups in total. The van der Waals surface area contributed by atoms with Gasteiger partial charge in [-0.1, -0.05) is 66.7 Å². The van der Waals surface area contributed by atoms with E-state index in [1.807, 2.05) is 30.3 Å². The molecule has 0 aromatic heterocycles. The van der Waals surface area contributed by atoms with Crippen LogP contribution >= 0.6 is 0 Å². The summed E-state index contributed by atoms with van der Waals surface area (Å²) in [6.07, 6.45) is 0. The van der Waals surface area contributed by atoms with Crippen LogP contribution in [0, 0.1) is 0 Å². The molecule has 3 aromatic carbocycles. The molecule has 0 saturated carbocycles. The zero-order valence-corrected chi connectivity index (χ0v) is 15.4. The molecule has 0 unspecified atom stereocenters. The Hall–Kier alpha value is -3.48. The lowest BCUT2D eigenvalue weighted by Crippen LogP contribution is -2.58. The summed E-state index contributed by atoms with van der Waals surface area (Å²) in [5.74, 6) is -1.28. The van der Waals surface area contributed by atoms with Crippen molar-refractivity contribution in [3.63, 3.8) is 0 Å². The normalized spacial score (nSPS) is 24.6. The number of nitrogens with one attached hydrogen (secondary N) is 2. The summed E-state index contributed by atoms with van der Waals surface area (Å²) >= 11 is 0. The highest BCUT2D eigenvalue weighted by molar-refractivity contribution is 6.15. The van der Waals surface area contributed by atoms with Crippen molar-refractivity contribution >= 4 is 23.2 Å². The number of hydrogen-bond donors (Lipinski definition) is 3. The molecule has 2 aliphatic heterocycles. The molecule has 5 rings (SSSR count). The Kier molecular flexibility index (Phi) is 3.81. The predicted octanol–water partition coefficient (Wildman–Crippen LogP) is 2.89. The fourth-order valence-electron chi connectivity index (χ4n) is 4.20. The lowest BCUT2D eigenvalue weighted by Gasteiger charge is -2.39. The average Bonchev–Trinajstić information content (AvgIpc) is 3.19. The van der Waals surface area contributed by atoms with Gasteiger partial charge in [-0.05, 0) is 17.7 Å². The van der Waals surface area contributed by atoms with Crippen molar-refractivity contribution in [2.75, 3.05) is 10.6 Å². The molecular weight excluding hydrogens is 368 g/mol. The number of ether oxygens (including phenoxy) is 1. The molecule has 2 amide bonds. The van der Waals surface area contributed by atoms with Crippen molar-refractivity contribution in [1.29, 1.82) is 0 Å². The summed E-state index contributed by atoms with van der Waals surface area (Å²) in [5.41, 5.74) is -1.64. The highest BCUT2D eigenvalue weighted by atomic mass is 16.5. The second-order valence-corrected chi connectivity index (χ2v) is 7.17. The van der Waals surface area contributed by atoms with Crippen LogP contribution in [-0.2, 0) is 32.1 Å². The Morgan fingerprint density at radius 3 is 2.00 bits per heavy atom. The zero-order valence-electron chi connectivity index (χ0n) is 15.4. The van der Waals surface area contributed by atoms with Crippen LogP contribution in [0.5, 0.6) is 0 Å². The molecule has 0 aliphatic carbocycles. The number of fused-ring (bicyclic) bond motifs is 2. The number of para-hydroxylation sites is 2. The topological polar surface area (TPSA) is 87.7 Å². The maximum absolute atomic E-state index is 13.3. The minimum Gasteiger partial charge on any atom is -0.372 e. The number of aliphatic hydroxyl groups is 1. The van der Waals surface area contributed by atoms with Crippen LogP contribution in [-0.4, -0.2) is 16.9 Å². The van der Waals surface area contributed by atoms with Gasteiger partial charge in [-0.25, -0.2) is 0 Å². The monoisotopic (exact) mass is 386 g/mol. The first kappa shape index (κ1) is 17.6. The first-order chi connectivity index (χ1) is 14.1. The summed E-state index contributed by atoms with van der Waals surface area (Å²) in [7, 11) is 0. The number of amides is 2. The molecule has 3 aromatic rings. The van der Waals surface area contributed by atoms with E-state index in [0.717, 1.165) is 5.56 Å². The second kappa shape index (κ2) is 6.27. The number of benzene rings is 3. The van der Waals surface area contributed by atoms with Gasteiger partial charge in [0.2, 0.25) is 11.2 Å². The van der Waals surface area contributed by atoms with Crippen molar-refractivity contribution < 1.29 is 19.4 Å². The Balaban J connectivity index is 1.72. The molecule has 2 atom stereocenters. The van der Waals surface area contributed by atoms with Crippen molar-refractivity contribution in [3.8, 4) is 0 Å². The molecule has 0 spiro atoms. The summed E-state index contributed by atoms with van der Waals surface area (Å²) < 4.78 is 6.21. The Morgan fingerprint density at radius 2 is 1.28 bits per heavy atom. The summed E-state index contributed by atoms with van der Waals surface area (Å²) in [6.45, 7) is 0.0420. The summed E-state index contributed by atoms with van der Waals surface area (Å²) in [5, 5.41) is 17.3. The Morgan fingerprint density at radius 1 is 0.724 bits per heavy atom. The first-order valence-corrected chi connectivity index (χ1v) is 9.29. The van der Waals surface area contributed by atoms with Crippen molar-refractivity contribution in [2.45, 2.75) is 17.8 Å². The summed E-state index contributed by atoms with van der Waals surface area (Å²) in [6, 6.07) is 23.1. The Bertz CT molecular complexity index is 1130. The SMILES string of the molecule is O=C1Nc2ccccc2[C@@]1(O)[C@]1(OCc2ccccc2)C(=O)Nc2ccccc21. The van der Waals surface area contributed by atoms with E-state index in [1.165, 1.54) is 0 Å². The average molecular weight is 386 g/mol. The quantitative estimate of drug-likeness (QED) is 0.643. The van der Waals surface area contributed by atoms with Crippen LogP contribution in [0.4, 0.5) is 11.4 Å². The lowest BCUT2D eigenvalue weighted by atomic mass is 9.74. The maximum Gasteiger partial charge on any atom is 0.265 e. The fourth-order valence-corrected chi connectivity index (χ4v) is 4.20. The van der Waals surface area contributed by atoms with E-state index >= 15 is 0 Å². The highest BCUT2D eigenvalue weighted by Gasteiger charge is 2.69. The summed E-state index contributed by atoms with van der Waals surface area (Å²) in [4.78, 5) is 26.4. The van der Waals surface area contributed by atoms with Gasteiger partial charge in [-0.15, -0.1) is 0 Å². The van der Waals surface area contributed by atoms with Gasteiger partial charge >= 0.3 is 0 Å². The van der Waals surface area contributed by atoms with Crippen LogP contribution in [0.15, 0.2) is 78.9 Å². The lowest BCUT2D eigenvalue weighted by molar-refractivity contribution is -0.199. The van der Waals surface area contributed by atoms with Gasteiger partial charge in [0.1, 0.15) is 0 Å². The molecule has 2 heterocycles. The van der Waals surface area contributed by atoms with Crippen LogP contribution in [0.25, 0.3) is 0 Å². The maximum atomic E-state index is 13.3. The molecule has 6 heteroatoms. The molecule has 0 fully saturated rings. The van der Waals surface area contributed by atoms with Gasteiger partial charge in [0.25, 0.3) is 11.8 Å². The number of rotatable bonds is 4. The minimum atomic E-state index is -2.23. The third kappa shape index (κ3) is 2.30. The van der Waals surface area contributed by atoms with Crippen LogP contribution in [0.1, 0.15) is 16.7 Å². The van der Waals surface area contributed by atoms with E-state index < -0.39 is 23.0 Å². The largest absolute Gasteiger partial charge is 0.372 e. The van der Waals surface area contributed by atoms with Gasteiger partial charge in [0.05, 0.1) is 6.61 Å². The second-order valence-electron chi connectivity index (χ2n) is 7.17. The van der Waals surface area contributed by atoms with Gasteiger partial charge < -0.3 is 20.5 Å². The number of hydrogen-bond acceptors (Lipinski definition) is 4. The van der Waals surface area contributed by atoms with Crippen LogP contribution in [0.3, 0.4) is 0 Å². The molecule has 0 saturated heterocycles. The van der Waals surface area contributed by atoms with Crippen LogP contribution < -0.4 is 10.6 Å². The van der Waals surface area contributed by atoms with E-state index in [9.17, 15) is 14.7 Å². The Labute approximate surface area is 167 Å². The van der Waals surface area contributed by atoms with Gasteiger partial charge in [-0.2, -0.15) is 0 Å². The smallest absolute Gasteiger partial charge is 0.265 e. The molecular formula is C23H18N2O4. The molecule has 144 valence electrons. The number of carbonyl (C=O) groups is 2. The minimum absolute atomic E-state index is 0.0420. The number of carbonyl (C=O) groups excluding carboxylic acids is 2. The van der Waals surface area contributed by atoms with E-state index in [0.29, 0.717) is 22.5 Å². The van der Waals surface area contributed by atoms with Crippen molar-refractivity contribution in [2.24, 2.45) is 0 Å². The van der Waals surface area contributed by atoms with E-state index in [4.69, 9.17) is 4.74 Å². The van der Waals surface area contributed by atoms with E-state index in [1.54, 1.807) is 48.5 Å². The van der Waals surface area contributed by atoms with E-state index in [-0.39, 0.29) is 6.61 Å². The third-order valence-corrected chi connectivity index (χ3v) is 5.58. The molecule has 2 aliphatic rings. The third-order valence-electron chi connectivity index (χ3n) is 5.58. The zero-order chi connectivity index (χ0) is 20.1. The first-order valence-electron chi connectivity index (χ1n) is 9.29. The molecule has 0 radical (unpaired) electrons. The highest BCUT2D eigenvalue weighted by Crippen LogP contribution is 2.54. The molecule has 0 bridgehead atoms. The van der Waals surface area contributed by atoms with E-state index in [2.05, 4.69) is 10.6 Å². The van der Waals surface area contributed by atoms with Gasteiger partial charge in [0, 0.05) is 22.5 Å². The van der Waals surface area contributed by atoms with Gasteiger partial charge in [0.15, 0.2) is 0 Å². The molecule has 6 nitrogen and oxygen atoms in total.